The van der Waals surface area contributed by atoms with Gasteiger partial charge in [0.25, 0.3) is 5.91 Å². The van der Waals surface area contributed by atoms with Crippen LogP contribution in [-0.2, 0) is 0 Å². The molecule has 1 aromatic carbocycles. The van der Waals surface area contributed by atoms with Crippen LogP contribution in [0.1, 0.15) is 36.5 Å². The van der Waals surface area contributed by atoms with Crippen LogP contribution < -0.4 is 10.6 Å². The number of carbonyl (C=O) groups is 1. The number of unbranched alkanes of at least 4 members (excludes halogenated alkanes) is 2. The molecule has 2 aromatic rings. The summed E-state index contributed by atoms with van der Waals surface area (Å²) >= 11 is 5.69. The first-order chi connectivity index (χ1) is 11.1. The van der Waals surface area contributed by atoms with Crippen molar-refractivity contribution in [2.24, 2.45) is 0 Å². The van der Waals surface area contributed by atoms with Crippen LogP contribution in [0.3, 0.4) is 0 Å². The quantitative estimate of drug-likeness (QED) is 0.719. The van der Waals surface area contributed by atoms with Gasteiger partial charge in [0, 0.05) is 18.4 Å². The highest BCUT2D eigenvalue weighted by Crippen LogP contribution is 2.20. The van der Waals surface area contributed by atoms with Gasteiger partial charge in [-0.25, -0.2) is 9.37 Å². The highest BCUT2D eigenvalue weighted by atomic mass is 35.5. The van der Waals surface area contributed by atoms with Crippen molar-refractivity contribution >= 4 is 29.0 Å². The van der Waals surface area contributed by atoms with Gasteiger partial charge in [-0.3, -0.25) is 4.79 Å². The molecule has 1 aromatic heterocycles. The summed E-state index contributed by atoms with van der Waals surface area (Å²) in [6.45, 7) is 3.01. The van der Waals surface area contributed by atoms with Crippen LogP contribution in [0, 0.1) is 5.82 Å². The second-order valence-electron chi connectivity index (χ2n) is 5.15. The Labute approximate surface area is 140 Å². The van der Waals surface area contributed by atoms with Gasteiger partial charge in [0.05, 0.1) is 10.6 Å². The van der Waals surface area contributed by atoms with Crippen molar-refractivity contribution in [2.45, 2.75) is 26.2 Å². The standard InChI is InChI=1S/C17H19ClFN3O/c1-2-3-4-9-20-16-8-5-12(11-21-16)17(23)22-13-6-7-15(19)14(18)10-13/h5-8,10-11H,2-4,9H2,1H3,(H,20,21)(H,22,23). The van der Waals surface area contributed by atoms with E-state index in [4.69, 9.17) is 11.6 Å². The summed E-state index contributed by atoms with van der Waals surface area (Å²) in [5.41, 5.74) is 0.854. The number of nitrogens with zero attached hydrogens (tertiary/aromatic N) is 1. The van der Waals surface area contributed by atoms with Crippen LogP contribution in [-0.4, -0.2) is 17.4 Å². The molecule has 23 heavy (non-hydrogen) atoms. The summed E-state index contributed by atoms with van der Waals surface area (Å²) in [5.74, 6) is -0.106. The van der Waals surface area contributed by atoms with Crippen LogP contribution >= 0.6 is 11.6 Å². The molecule has 2 N–H and O–H groups in total. The number of amides is 1. The monoisotopic (exact) mass is 335 g/mol. The largest absolute Gasteiger partial charge is 0.370 e. The van der Waals surface area contributed by atoms with Gasteiger partial charge in [-0.15, -0.1) is 0 Å². The van der Waals surface area contributed by atoms with Crippen molar-refractivity contribution < 1.29 is 9.18 Å². The van der Waals surface area contributed by atoms with Gasteiger partial charge in [-0.2, -0.15) is 0 Å². The van der Waals surface area contributed by atoms with Crippen molar-refractivity contribution in [3.8, 4) is 0 Å². The van der Waals surface area contributed by atoms with Gasteiger partial charge in [-0.05, 0) is 36.8 Å². The minimum atomic E-state index is -0.523. The molecule has 0 fully saturated rings. The molecule has 1 amide bonds. The first-order valence-corrected chi connectivity index (χ1v) is 7.94. The molecule has 0 aliphatic heterocycles. The number of halogens is 2. The summed E-state index contributed by atoms with van der Waals surface area (Å²) in [4.78, 5) is 16.3. The topological polar surface area (TPSA) is 54.0 Å². The van der Waals surface area contributed by atoms with E-state index in [-0.39, 0.29) is 10.9 Å². The van der Waals surface area contributed by atoms with Crippen LogP contribution in [0.15, 0.2) is 36.5 Å². The second-order valence-corrected chi connectivity index (χ2v) is 5.56. The lowest BCUT2D eigenvalue weighted by molar-refractivity contribution is 0.102. The van der Waals surface area contributed by atoms with Gasteiger partial charge < -0.3 is 10.6 Å². The Morgan fingerprint density at radius 1 is 1.26 bits per heavy atom. The fraction of sp³-hybridized carbons (Fsp3) is 0.294. The zero-order valence-corrected chi connectivity index (χ0v) is 13.7. The molecule has 0 saturated carbocycles. The van der Waals surface area contributed by atoms with Crippen LogP contribution in [0.4, 0.5) is 15.9 Å². The molecule has 4 nitrogen and oxygen atoms in total. The third kappa shape index (κ3) is 5.21. The van der Waals surface area contributed by atoms with E-state index in [1.54, 1.807) is 12.1 Å². The minimum Gasteiger partial charge on any atom is -0.370 e. The van der Waals surface area contributed by atoms with Crippen molar-refractivity contribution in [1.82, 2.24) is 4.98 Å². The molecule has 0 spiro atoms. The van der Waals surface area contributed by atoms with E-state index in [0.29, 0.717) is 11.3 Å². The molecule has 2 rings (SSSR count). The number of pyridine rings is 1. The van der Waals surface area contributed by atoms with E-state index in [9.17, 15) is 9.18 Å². The fourth-order valence-corrected chi connectivity index (χ4v) is 2.18. The van der Waals surface area contributed by atoms with E-state index in [0.717, 1.165) is 18.8 Å². The van der Waals surface area contributed by atoms with Crippen molar-refractivity contribution in [2.75, 3.05) is 17.2 Å². The Morgan fingerprint density at radius 3 is 2.74 bits per heavy atom. The van der Waals surface area contributed by atoms with Crippen molar-refractivity contribution in [1.29, 1.82) is 0 Å². The number of nitrogens with one attached hydrogen (secondary N) is 2. The Bertz CT molecular complexity index is 661. The number of benzene rings is 1. The Balaban J connectivity index is 1.93. The van der Waals surface area contributed by atoms with E-state index < -0.39 is 5.82 Å². The number of carbonyl (C=O) groups excluding carboxylic acids is 1. The average molecular weight is 336 g/mol. The van der Waals surface area contributed by atoms with Gasteiger partial charge in [-0.1, -0.05) is 31.4 Å². The normalized spacial score (nSPS) is 10.4. The molecule has 0 saturated heterocycles. The van der Waals surface area contributed by atoms with E-state index in [1.807, 2.05) is 0 Å². The maximum Gasteiger partial charge on any atom is 0.257 e. The van der Waals surface area contributed by atoms with Crippen LogP contribution in [0.5, 0.6) is 0 Å². The summed E-state index contributed by atoms with van der Waals surface area (Å²) in [6, 6.07) is 7.48. The SMILES string of the molecule is CCCCCNc1ccc(C(=O)Nc2ccc(F)c(Cl)c2)cn1. The van der Waals surface area contributed by atoms with Gasteiger partial charge in [0.15, 0.2) is 0 Å². The molecule has 0 atom stereocenters. The molecule has 0 aliphatic rings. The van der Waals surface area contributed by atoms with Gasteiger partial charge in [0.2, 0.25) is 0 Å². The lowest BCUT2D eigenvalue weighted by Crippen LogP contribution is -2.12. The number of aromatic nitrogens is 1. The summed E-state index contributed by atoms with van der Waals surface area (Å²) in [5, 5.41) is 5.83. The van der Waals surface area contributed by atoms with Crippen LogP contribution in [0.25, 0.3) is 0 Å². The first-order valence-electron chi connectivity index (χ1n) is 7.56. The smallest absolute Gasteiger partial charge is 0.257 e. The number of hydrogen-bond acceptors (Lipinski definition) is 3. The summed E-state index contributed by atoms with van der Waals surface area (Å²) in [6.07, 6.45) is 4.93. The van der Waals surface area contributed by atoms with E-state index >= 15 is 0 Å². The van der Waals surface area contributed by atoms with Gasteiger partial charge >= 0.3 is 0 Å². The molecule has 0 aliphatic carbocycles. The van der Waals surface area contributed by atoms with Crippen molar-refractivity contribution in [3.63, 3.8) is 0 Å². The minimum absolute atomic E-state index is 0.0347. The van der Waals surface area contributed by atoms with Crippen molar-refractivity contribution in [3.05, 3.63) is 52.9 Å². The van der Waals surface area contributed by atoms with E-state index in [2.05, 4.69) is 22.5 Å². The zero-order valence-electron chi connectivity index (χ0n) is 12.9. The van der Waals surface area contributed by atoms with Gasteiger partial charge in [0.1, 0.15) is 11.6 Å². The van der Waals surface area contributed by atoms with E-state index in [1.165, 1.54) is 37.2 Å². The molecule has 6 heteroatoms. The summed E-state index contributed by atoms with van der Waals surface area (Å²) in [7, 11) is 0. The number of rotatable bonds is 7. The fourth-order valence-electron chi connectivity index (χ4n) is 2.00. The molecular formula is C17H19ClFN3O. The maximum absolute atomic E-state index is 13.1. The predicted octanol–water partition coefficient (Wildman–Crippen LogP) is 4.73. The third-order valence-corrected chi connectivity index (χ3v) is 3.58. The highest BCUT2D eigenvalue weighted by Gasteiger charge is 2.08. The molecule has 0 bridgehead atoms. The summed E-state index contributed by atoms with van der Waals surface area (Å²) < 4.78 is 13.1. The Morgan fingerprint density at radius 2 is 2.09 bits per heavy atom. The lowest BCUT2D eigenvalue weighted by atomic mass is 10.2. The molecule has 0 unspecified atom stereocenters. The number of anilines is 2. The third-order valence-electron chi connectivity index (χ3n) is 3.29. The first kappa shape index (κ1) is 17.2. The maximum atomic E-state index is 13.1. The second kappa shape index (κ2) is 8.48. The predicted molar refractivity (Wildman–Crippen MR) is 91.6 cm³/mol. The Hall–Kier alpha value is -2.14. The Kier molecular flexibility index (Phi) is 6.35. The average Bonchev–Trinajstić information content (AvgIpc) is 2.55. The highest BCUT2D eigenvalue weighted by molar-refractivity contribution is 6.31. The molecule has 1 heterocycles. The zero-order chi connectivity index (χ0) is 16.7. The number of hydrogen-bond donors (Lipinski definition) is 2. The van der Waals surface area contributed by atoms with Crippen LogP contribution in [0.2, 0.25) is 5.02 Å². The lowest BCUT2D eigenvalue weighted by Gasteiger charge is -2.08. The molecule has 122 valence electrons. The molecular weight excluding hydrogens is 317 g/mol. The molecule has 0 radical (unpaired) electrons.